The van der Waals surface area contributed by atoms with Crippen molar-refractivity contribution in [3.8, 4) is 0 Å². The monoisotopic (exact) mass is 384 g/mol. The predicted octanol–water partition coefficient (Wildman–Crippen LogP) is 3.24. The van der Waals surface area contributed by atoms with E-state index in [-0.39, 0.29) is 23.7 Å². The highest BCUT2D eigenvalue weighted by atomic mass is 19.1. The van der Waals surface area contributed by atoms with E-state index < -0.39 is 0 Å². The van der Waals surface area contributed by atoms with Gasteiger partial charge in [0.1, 0.15) is 5.82 Å². The van der Waals surface area contributed by atoms with E-state index >= 15 is 0 Å². The van der Waals surface area contributed by atoms with Crippen molar-refractivity contribution < 1.29 is 18.7 Å². The Morgan fingerprint density at radius 2 is 1.75 bits per heavy atom. The maximum absolute atomic E-state index is 13.1. The zero-order valence-electron chi connectivity index (χ0n) is 16.2. The van der Waals surface area contributed by atoms with Crippen LogP contribution in [0.25, 0.3) is 0 Å². The molecule has 0 spiro atoms. The SMILES string of the molecule is COC(=O)c1ccc(CN(C)C(=O)C2CCCN2Cc2ccc(F)cc2)cc1. The van der Waals surface area contributed by atoms with Gasteiger partial charge in [-0.05, 0) is 54.8 Å². The van der Waals surface area contributed by atoms with E-state index in [4.69, 9.17) is 4.74 Å². The molecule has 0 bridgehead atoms. The average Bonchev–Trinajstić information content (AvgIpc) is 3.17. The molecule has 0 aliphatic carbocycles. The van der Waals surface area contributed by atoms with Crippen LogP contribution in [0.2, 0.25) is 0 Å². The highest BCUT2D eigenvalue weighted by Gasteiger charge is 2.32. The van der Waals surface area contributed by atoms with E-state index in [1.165, 1.54) is 19.2 Å². The normalized spacial score (nSPS) is 16.8. The minimum absolute atomic E-state index is 0.0802. The van der Waals surface area contributed by atoms with Gasteiger partial charge in [0.2, 0.25) is 5.91 Å². The van der Waals surface area contributed by atoms with Crippen LogP contribution in [-0.2, 0) is 22.6 Å². The van der Waals surface area contributed by atoms with Crippen LogP contribution in [0.3, 0.4) is 0 Å². The number of methoxy groups -OCH3 is 1. The maximum atomic E-state index is 13.1. The molecule has 28 heavy (non-hydrogen) atoms. The smallest absolute Gasteiger partial charge is 0.337 e. The van der Waals surface area contributed by atoms with Gasteiger partial charge in [-0.3, -0.25) is 9.69 Å². The van der Waals surface area contributed by atoms with Gasteiger partial charge in [-0.1, -0.05) is 24.3 Å². The van der Waals surface area contributed by atoms with E-state index in [1.807, 2.05) is 12.1 Å². The summed E-state index contributed by atoms with van der Waals surface area (Å²) in [6, 6.07) is 13.3. The Kier molecular flexibility index (Phi) is 6.41. The van der Waals surface area contributed by atoms with Crippen molar-refractivity contribution in [3.63, 3.8) is 0 Å². The molecule has 2 aromatic rings. The van der Waals surface area contributed by atoms with E-state index in [2.05, 4.69) is 4.90 Å². The first-order valence-electron chi connectivity index (χ1n) is 9.38. The molecule has 1 unspecified atom stereocenters. The Hall–Kier alpha value is -2.73. The van der Waals surface area contributed by atoms with Crippen molar-refractivity contribution in [2.45, 2.75) is 32.0 Å². The Balaban J connectivity index is 1.61. The molecule has 6 heteroatoms. The Morgan fingerprint density at radius 1 is 1.11 bits per heavy atom. The molecule has 0 aromatic heterocycles. The largest absolute Gasteiger partial charge is 0.465 e. The van der Waals surface area contributed by atoms with Crippen molar-refractivity contribution in [2.24, 2.45) is 0 Å². The summed E-state index contributed by atoms with van der Waals surface area (Å²) < 4.78 is 17.8. The maximum Gasteiger partial charge on any atom is 0.337 e. The highest BCUT2D eigenvalue weighted by molar-refractivity contribution is 5.89. The fourth-order valence-corrected chi connectivity index (χ4v) is 3.59. The molecule has 1 amide bonds. The second-order valence-electron chi connectivity index (χ2n) is 7.14. The number of halogens is 1. The molecule has 0 saturated carbocycles. The van der Waals surface area contributed by atoms with Gasteiger partial charge in [-0.25, -0.2) is 9.18 Å². The second kappa shape index (κ2) is 8.97. The van der Waals surface area contributed by atoms with Crippen molar-refractivity contribution >= 4 is 11.9 Å². The van der Waals surface area contributed by atoms with Gasteiger partial charge in [0.25, 0.3) is 0 Å². The van der Waals surface area contributed by atoms with Gasteiger partial charge < -0.3 is 9.64 Å². The lowest BCUT2D eigenvalue weighted by atomic mass is 10.1. The topological polar surface area (TPSA) is 49.9 Å². The van der Waals surface area contributed by atoms with Gasteiger partial charge in [0, 0.05) is 20.1 Å². The fourth-order valence-electron chi connectivity index (χ4n) is 3.59. The number of rotatable bonds is 6. The molecular formula is C22H25FN2O3. The third-order valence-corrected chi connectivity index (χ3v) is 5.12. The number of ether oxygens (including phenoxy) is 1. The van der Waals surface area contributed by atoms with Crippen LogP contribution in [-0.4, -0.2) is 48.4 Å². The highest BCUT2D eigenvalue weighted by Crippen LogP contribution is 2.22. The molecule has 5 nitrogen and oxygen atoms in total. The number of likely N-dealkylation sites (N-methyl/N-ethyl adjacent to an activating group) is 1. The quantitative estimate of drug-likeness (QED) is 0.718. The number of carbonyl (C=O) groups is 2. The summed E-state index contributed by atoms with van der Waals surface area (Å²) in [4.78, 5) is 28.4. The van der Waals surface area contributed by atoms with Crippen LogP contribution in [0, 0.1) is 5.82 Å². The number of carbonyl (C=O) groups excluding carboxylic acids is 2. The summed E-state index contributed by atoms with van der Waals surface area (Å²) in [6.45, 7) is 1.97. The van der Waals surface area contributed by atoms with Crippen molar-refractivity contribution in [1.29, 1.82) is 0 Å². The van der Waals surface area contributed by atoms with Gasteiger partial charge in [0.15, 0.2) is 0 Å². The minimum Gasteiger partial charge on any atom is -0.465 e. The van der Waals surface area contributed by atoms with Gasteiger partial charge in [-0.2, -0.15) is 0 Å². The van der Waals surface area contributed by atoms with Crippen LogP contribution < -0.4 is 0 Å². The summed E-state index contributed by atoms with van der Waals surface area (Å²) in [7, 11) is 3.15. The van der Waals surface area contributed by atoms with Gasteiger partial charge in [0.05, 0.1) is 18.7 Å². The number of likely N-dealkylation sites (tertiary alicyclic amines) is 1. The number of nitrogens with zero attached hydrogens (tertiary/aromatic N) is 2. The molecule has 1 heterocycles. The predicted molar refractivity (Wildman–Crippen MR) is 104 cm³/mol. The summed E-state index contributed by atoms with van der Waals surface area (Å²) in [5.41, 5.74) is 2.44. The number of amides is 1. The molecule has 1 aliphatic heterocycles. The van der Waals surface area contributed by atoms with Crippen molar-refractivity contribution in [2.75, 3.05) is 20.7 Å². The summed E-state index contributed by atoms with van der Waals surface area (Å²) >= 11 is 0. The average molecular weight is 384 g/mol. The lowest BCUT2D eigenvalue weighted by Crippen LogP contribution is -2.43. The van der Waals surface area contributed by atoms with Gasteiger partial charge >= 0.3 is 5.97 Å². The summed E-state index contributed by atoms with van der Waals surface area (Å²) in [5.74, 6) is -0.550. The van der Waals surface area contributed by atoms with Gasteiger partial charge in [-0.15, -0.1) is 0 Å². The van der Waals surface area contributed by atoms with Crippen molar-refractivity contribution in [1.82, 2.24) is 9.80 Å². The van der Waals surface area contributed by atoms with E-state index in [1.54, 1.807) is 36.2 Å². The standard InChI is InChI=1S/C22H25FN2O3/c1-24(14-16-5-9-18(10-6-16)22(27)28-2)21(26)20-4-3-13-25(20)15-17-7-11-19(23)12-8-17/h5-12,20H,3-4,13-15H2,1-2H3. The summed E-state index contributed by atoms with van der Waals surface area (Å²) in [5, 5.41) is 0. The lowest BCUT2D eigenvalue weighted by molar-refractivity contribution is -0.135. The van der Waals surface area contributed by atoms with Crippen LogP contribution in [0.4, 0.5) is 4.39 Å². The molecule has 0 N–H and O–H groups in total. The van der Waals surface area contributed by atoms with Crippen LogP contribution in [0.5, 0.6) is 0 Å². The third-order valence-electron chi connectivity index (χ3n) is 5.12. The van der Waals surface area contributed by atoms with Crippen LogP contribution in [0.15, 0.2) is 48.5 Å². The minimum atomic E-state index is -0.377. The molecule has 1 saturated heterocycles. The Morgan fingerprint density at radius 3 is 2.39 bits per heavy atom. The first-order valence-corrected chi connectivity index (χ1v) is 9.38. The van der Waals surface area contributed by atoms with E-state index in [0.717, 1.165) is 30.5 Å². The van der Waals surface area contributed by atoms with Crippen LogP contribution >= 0.6 is 0 Å². The molecule has 1 aliphatic rings. The fraction of sp³-hybridized carbons (Fsp3) is 0.364. The third kappa shape index (κ3) is 4.75. The number of esters is 1. The van der Waals surface area contributed by atoms with E-state index in [9.17, 15) is 14.0 Å². The zero-order valence-corrected chi connectivity index (χ0v) is 16.2. The van der Waals surface area contributed by atoms with Crippen molar-refractivity contribution in [3.05, 3.63) is 71.0 Å². The number of hydrogen-bond donors (Lipinski definition) is 0. The second-order valence-corrected chi connectivity index (χ2v) is 7.14. The molecule has 0 radical (unpaired) electrons. The number of hydrogen-bond acceptors (Lipinski definition) is 4. The first kappa shape index (κ1) is 20.0. The molecule has 1 fully saturated rings. The first-order chi connectivity index (χ1) is 13.5. The Bertz CT molecular complexity index is 821. The molecule has 3 rings (SSSR count). The molecule has 2 aromatic carbocycles. The van der Waals surface area contributed by atoms with Crippen LogP contribution in [0.1, 0.15) is 34.3 Å². The lowest BCUT2D eigenvalue weighted by Gasteiger charge is -2.28. The summed E-state index contributed by atoms with van der Waals surface area (Å²) in [6.07, 6.45) is 1.80. The number of benzene rings is 2. The molecular weight excluding hydrogens is 359 g/mol. The molecule has 148 valence electrons. The molecule has 1 atom stereocenters. The Labute approximate surface area is 164 Å². The zero-order chi connectivity index (χ0) is 20.1. The van der Waals surface area contributed by atoms with E-state index in [0.29, 0.717) is 18.7 Å².